The van der Waals surface area contributed by atoms with Gasteiger partial charge < -0.3 is 34.1 Å². The number of amides is 1. The number of anilines is 1. The molecule has 1 aromatic heterocycles. The Bertz CT molecular complexity index is 888. The van der Waals surface area contributed by atoms with E-state index in [2.05, 4.69) is 9.97 Å². The number of hydrogen-bond donors (Lipinski definition) is 2. The zero-order valence-corrected chi connectivity index (χ0v) is 14.7. The Morgan fingerprint density at radius 1 is 1.12 bits per heavy atom. The Hall–Kier alpha value is -3.17. The number of carbonyl (C=O) groups is 1. The molecule has 2 heterocycles. The van der Waals surface area contributed by atoms with Gasteiger partial charge in [-0.1, -0.05) is 0 Å². The number of nitrogens with zero attached hydrogens (tertiary/aromatic N) is 3. The number of methoxy groups -OCH3 is 3. The molecule has 10 nitrogen and oxygen atoms in total. The topological polar surface area (TPSA) is 117 Å². The van der Waals surface area contributed by atoms with Gasteiger partial charge in [0.15, 0.2) is 11.5 Å². The normalized spacial score (nSPS) is 14.4. The van der Waals surface area contributed by atoms with E-state index in [4.69, 9.17) is 19.3 Å². The monoisotopic (exact) mass is 364 g/mol. The highest BCUT2D eigenvalue weighted by Crippen LogP contribution is 2.41. The summed E-state index contributed by atoms with van der Waals surface area (Å²) < 4.78 is 16.0. The number of aromatic nitrogens is 2. The number of H-pyrrole nitrogens is 1. The number of benzene rings is 1. The zero-order valence-electron chi connectivity index (χ0n) is 14.7. The van der Waals surface area contributed by atoms with E-state index in [9.17, 15) is 9.59 Å². The molecule has 1 amide bonds. The second-order valence-electron chi connectivity index (χ2n) is 5.69. The summed E-state index contributed by atoms with van der Waals surface area (Å²) in [4.78, 5) is 34.0. The summed E-state index contributed by atoms with van der Waals surface area (Å²) >= 11 is 0. The molecule has 0 atom stereocenters. The SMILES string of the molecule is COc1cc2[nH]c(N3CCN(C(=O)O)CC3)nc(=O)c2c(OC)c1OC. The number of fused-ring (bicyclic) bond motifs is 1. The van der Waals surface area contributed by atoms with Gasteiger partial charge in [-0.05, 0) is 0 Å². The van der Waals surface area contributed by atoms with Gasteiger partial charge in [-0.3, -0.25) is 4.79 Å². The van der Waals surface area contributed by atoms with Crippen LogP contribution in [0, 0.1) is 0 Å². The lowest BCUT2D eigenvalue weighted by Gasteiger charge is -2.33. The lowest BCUT2D eigenvalue weighted by Crippen LogP contribution is -2.49. The number of hydrogen-bond acceptors (Lipinski definition) is 7. The first kappa shape index (κ1) is 17.6. The molecule has 2 N–H and O–H groups in total. The average Bonchev–Trinajstić information content (AvgIpc) is 2.66. The fraction of sp³-hybridized carbons (Fsp3) is 0.438. The van der Waals surface area contributed by atoms with E-state index in [1.807, 2.05) is 4.90 Å². The molecule has 26 heavy (non-hydrogen) atoms. The van der Waals surface area contributed by atoms with Crippen molar-refractivity contribution in [2.24, 2.45) is 0 Å². The zero-order chi connectivity index (χ0) is 18.8. The molecule has 0 spiro atoms. The molecule has 0 radical (unpaired) electrons. The number of carboxylic acid groups (broad SMARTS) is 1. The molecular formula is C16H20N4O6. The number of piperazine rings is 1. The first-order chi connectivity index (χ1) is 12.5. The van der Waals surface area contributed by atoms with Crippen LogP contribution in [0.2, 0.25) is 0 Å². The fourth-order valence-electron chi connectivity index (χ4n) is 3.03. The standard InChI is InChI=1S/C16H20N4O6/c1-24-10-8-9-11(13(26-3)12(10)25-2)14(21)18-15(17-9)19-4-6-20(7-5-19)16(22)23/h8H,4-7H2,1-3H3,(H,22,23)(H,17,18,21). The highest BCUT2D eigenvalue weighted by atomic mass is 16.5. The van der Waals surface area contributed by atoms with Crippen molar-refractivity contribution in [1.29, 1.82) is 0 Å². The molecule has 0 saturated carbocycles. The minimum atomic E-state index is -0.953. The van der Waals surface area contributed by atoms with Gasteiger partial charge in [0.25, 0.3) is 5.56 Å². The Morgan fingerprint density at radius 3 is 2.31 bits per heavy atom. The largest absolute Gasteiger partial charge is 0.493 e. The summed E-state index contributed by atoms with van der Waals surface area (Å²) in [5.74, 6) is 1.36. The molecule has 1 aromatic carbocycles. The third-order valence-electron chi connectivity index (χ3n) is 4.35. The summed E-state index contributed by atoms with van der Waals surface area (Å²) in [7, 11) is 4.40. The summed E-state index contributed by atoms with van der Waals surface area (Å²) in [5, 5.41) is 9.30. The number of rotatable bonds is 4. The van der Waals surface area contributed by atoms with E-state index < -0.39 is 11.7 Å². The van der Waals surface area contributed by atoms with E-state index in [1.165, 1.54) is 26.2 Å². The molecule has 1 saturated heterocycles. The quantitative estimate of drug-likeness (QED) is 0.816. The first-order valence-corrected chi connectivity index (χ1v) is 7.96. The molecule has 1 aliphatic rings. The molecule has 2 aromatic rings. The van der Waals surface area contributed by atoms with Gasteiger partial charge in [0, 0.05) is 32.2 Å². The highest BCUT2D eigenvalue weighted by molar-refractivity contribution is 5.90. The van der Waals surface area contributed by atoms with Crippen molar-refractivity contribution in [3.8, 4) is 17.2 Å². The molecular weight excluding hydrogens is 344 g/mol. The Balaban J connectivity index is 2.06. The summed E-state index contributed by atoms with van der Waals surface area (Å²) in [6.45, 7) is 1.55. The van der Waals surface area contributed by atoms with Crippen molar-refractivity contribution in [1.82, 2.24) is 14.9 Å². The molecule has 0 bridgehead atoms. The predicted molar refractivity (Wildman–Crippen MR) is 93.8 cm³/mol. The molecule has 0 aliphatic carbocycles. The van der Waals surface area contributed by atoms with Gasteiger partial charge >= 0.3 is 6.09 Å². The van der Waals surface area contributed by atoms with Gasteiger partial charge in [0.05, 0.1) is 26.8 Å². The van der Waals surface area contributed by atoms with Crippen LogP contribution in [-0.4, -0.2) is 73.6 Å². The molecule has 1 fully saturated rings. The maximum atomic E-state index is 12.6. The molecule has 1 aliphatic heterocycles. The summed E-state index contributed by atoms with van der Waals surface area (Å²) in [6.07, 6.45) is -0.953. The van der Waals surface area contributed by atoms with E-state index in [0.29, 0.717) is 49.1 Å². The van der Waals surface area contributed by atoms with Crippen LogP contribution in [0.3, 0.4) is 0 Å². The minimum absolute atomic E-state index is 0.248. The van der Waals surface area contributed by atoms with Crippen molar-refractivity contribution >= 4 is 22.9 Å². The Kier molecular flexibility index (Phi) is 4.74. The van der Waals surface area contributed by atoms with E-state index in [-0.39, 0.29) is 11.1 Å². The molecule has 3 rings (SSSR count). The van der Waals surface area contributed by atoms with Gasteiger partial charge in [-0.15, -0.1) is 0 Å². The van der Waals surface area contributed by atoms with Crippen molar-refractivity contribution in [2.45, 2.75) is 0 Å². The molecule has 10 heteroatoms. The third kappa shape index (κ3) is 2.93. The average molecular weight is 364 g/mol. The summed E-state index contributed by atoms with van der Waals surface area (Å²) in [6, 6.07) is 1.65. The molecule has 0 unspecified atom stereocenters. The lowest BCUT2D eigenvalue weighted by atomic mass is 10.2. The van der Waals surface area contributed by atoms with Gasteiger partial charge in [0.2, 0.25) is 11.7 Å². The fourth-order valence-corrected chi connectivity index (χ4v) is 3.03. The number of aromatic amines is 1. The van der Waals surface area contributed by atoms with Crippen LogP contribution in [0.25, 0.3) is 10.9 Å². The predicted octanol–water partition coefficient (Wildman–Crippen LogP) is 0.749. The number of ether oxygens (including phenoxy) is 3. The smallest absolute Gasteiger partial charge is 0.407 e. The van der Waals surface area contributed by atoms with E-state index in [1.54, 1.807) is 6.07 Å². The van der Waals surface area contributed by atoms with Crippen LogP contribution in [0.4, 0.5) is 10.7 Å². The maximum absolute atomic E-state index is 12.6. The van der Waals surface area contributed by atoms with Crippen molar-refractivity contribution < 1.29 is 24.1 Å². The van der Waals surface area contributed by atoms with Crippen LogP contribution in [0.15, 0.2) is 10.9 Å². The van der Waals surface area contributed by atoms with Crippen molar-refractivity contribution in [3.63, 3.8) is 0 Å². The van der Waals surface area contributed by atoms with Crippen LogP contribution >= 0.6 is 0 Å². The van der Waals surface area contributed by atoms with Crippen LogP contribution in [0.1, 0.15) is 0 Å². The van der Waals surface area contributed by atoms with Gasteiger partial charge in [-0.25, -0.2) is 4.79 Å². The van der Waals surface area contributed by atoms with Crippen molar-refractivity contribution in [2.75, 3.05) is 52.4 Å². The summed E-state index contributed by atoms with van der Waals surface area (Å²) in [5.41, 5.74) is 0.0300. The van der Waals surface area contributed by atoms with Crippen LogP contribution < -0.4 is 24.7 Å². The minimum Gasteiger partial charge on any atom is -0.493 e. The van der Waals surface area contributed by atoms with E-state index >= 15 is 0 Å². The maximum Gasteiger partial charge on any atom is 0.407 e. The number of nitrogens with one attached hydrogen (secondary N) is 1. The van der Waals surface area contributed by atoms with Crippen molar-refractivity contribution in [3.05, 3.63) is 16.4 Å². The van der Waals surface area contributed by atoms with Crippen LogP contribution in [-0.2, 0) is 0 Å². The second kappa shape index (κ2) is 6.98. The van der Waals surface area contributed by atoms with Gasteiger partial charge in [-0.2, -0.15) is 4.98 Å². The molecule has 140 valence electrons. The Labute approximate surface area is 148 Å². The van der Waals surface area contributed by atoms with Crippen LogP contribution in [0.5, 0.6) is 17.2 Å². The Morgan fingerprint density at radius 2 is 1.77 bits per heavy atom. The first-order valence-electron chi connectivity index (χ1n) is 7.96. The van der Waals surface area contributed by atoms with E-state index in [0.717, 1.165) is 0 Å². The third-order valence-corrected chi connectivity index (χ3v) is 4.35. The lowest BCUT2D eigenvalue weighted by molar-refractivity contribution is 0.142. The second-order valence-corrected chi connectivity index (χ2v) is 5.69. The van der Waals surface area contributed by atoms with Gasteiger partial charge in [0.1, 0.15) is 5.39 Å². The highest BCUT2D eigenvalue weighted by Gasteiger charge is 2.24.